The van der Waals surface area contributed by atoms with Crippen molar-refractivity contribution in [3.05, 3.63) is 65.7 Å². The predicted molar refractivity (Wildman–Crippen MR) is 114 cm³/mol. The Morgan fingerprint density at radius 2 is 1.65 bits per heavy atom. The first kappa shape index (κ1) is 20.6. The lowest BCUT2D eigenvalue weighted by Crippen LogP contribution is -2.21. The van der Waals surface area contributed by atoms with E-state index in [2.05, 4.69) is 35.7 Å². The van der Waals surface area contributed by atoms with Gasteiger partial charge in [-0.25, -0.2) is 5.43 Å². The summed E-state index contributed by atoms with van der Waals surface area (Å²) in [6.07, 6.45) is -1.000. The van der Waals surface area contributed by atoms with E-state index in [9.17, 15) is 13.2 Å². The maximum Gasteiger partial charge on any atom is 0.416 e. The van der Waals surface area contributed by atoms with Crippen LogP contribution in [0.15, 0.2) is 59.7 Å². The van der Waals surface area contributed by atoms with Gasteiger partial charge in [0, 0.05) is 18.8 Å². The minimum absolute atomic E-state index is 0.193. The molecular formula is C21H20F3N7. The van der Waals surface area contributed by atoms with E-state index in [-0.39, 0.29) is 5.95 Å². The molecule has 160 valence electrons. The summed E-state index contributed by atoms with van der Waals surface area (Å²) in [5, 5.41) is 7.14. The van der Waals surface area contributed by atoms with Crippen molar-refractivity contribution in [2.24, 2.45) is 5.10 Å². The molecule has 0 amide bonds. The summed E-state index contributed by atoms with van der Waals surface area (Å²) in [4.78, 5) is 15.3. The maximum atomic E-state index is 12.9. The minimum Gasteiger partial charge on any atom is -0.341 e. The number of halogens is 3. The molecule has 3 aromatic rings. The molecule has 2 aromatic carbocycles. The molecule has 0 saturated carbocycles. The number of aromatic nitrogens is 3. The molecule has 2 heterocycles. The van der Waals surface area contributed by atoms with Crippen molar-refractivity contribution in [3.8, 4) is 0 Å². The smallest absolute Gasteiger partial charge is 0.341 e. The number of anilines is 4. The Morgan fingerprint density at radius 3 is 2.39 bits per heavy atom. The number of rotatable bonds is 6. The van der Waals surface area contributed by atoms with Crippen LogP contribution in [0.1, 0.15) is 24.0 Å². The standard InChI is InChI=1S/C21H20F3N7/c22-21(23,24)16-8-6-7-15(13-16)14-25-30-19-27-18(26-17-9-2-1-3-10-17)28-20(29-19)31-11-4-5-12-31/h1-3,6-10,13-14H,4-5,11-12H2,(H2,26,27,28,29,30)/b25-14-. The van der Waals surface area contributed by atoms with Crippen molar-refractivity contribution in [1.82, 2.24) is 15.0 Å². The lowest BCUT2D eigenvalue weighted by atomic mass is 10.1. The number of benzene rings is 2. The van der Waals surface area contributed by atoms with E-state index >= 15 is 0 Å². The second kappa shape index (κ2) is 8.99. The van der Waals surface area contributed by atoms with Crippen molar-refractivity contribution >= 4 is 29.7 Å². The van der Waals surface area contributed by atoms with Gasteiger partial charge in [0.05, 0.1) is 11.8 Å². The number of hydrogen-bond donors (Lipinski definition) is 2. The lowest BCUT2D eigenvalue weighted by molar-refractivity contribution is -0.137. The zero-order valence-corrected chi connectivity index (χ0v) is 16.5. The van der Waals surface area contributed by atoms with Gasteiger partial charge in [0.15, 0.2) is 0 Å². The highest BCUT2D eigenvalue weighted by atomic mass is 19.4. The van der Waals surface area contributed by atoms with Crippen LogP contribution >= 0.6 is 0 Å². The Morgan fingerprint density at radius 1 is 0.903 bits per heavy atom. The van der Waals surface area contributed by atoms with Gasteiger partial charge in [0.25, 0.3) is 0 Å². The van der Waals surface area contributed by atoms with Crippen LogP contribution in [0.4, 0.5) is 36.7 Å². The normalized spacial score (nSPS) is 14.2. The van der Waals surface area contributed by atoms with Gasteiger partial charge in [-0.2, -0.15) is 33.2 Å². The number of alkyl halides is 3. The molecule has 0 unspecified atom stereocenters. The van der Waals surface area contributed by atoms with Crippen molar-refractivity contribution in [2.75, 3.05) is 28.7 Å². The molecule has 0 bridgehead atoms. The summed E-state index contributed by atoms with van der Waals surface area (Å²) < 4.78 is 38.6. The summed E-state index contributed by atoms with van der Waals surface area (Å²) in [6.45, 7) is 1.70. The average molecular weight is 427 g/mol. The molecule has 7 nitrogen and oxygen atoms in total. The van der Waals surface area contributed by atoms with Gasteiger partial charge in [0.1, 0.15) is 0 Å². The first-order valence-corrected chi connectivity index (χ1v) is 9.77. The second-order valence-corrected chi connectivity index (χ2v) is 6.96. The van der Waals surface area contributed by atoms with Crippen LogP contribution in [0.2, 0.25) is 0 Å². The Kier molecular flexibility index (Phi) is 5.96. The highest BCUT2D eigenvalue weighted by molar-refractivity contribution is 5.80. The van der Waals surface area contributed by atoms with Crippen LogP contribution in [0.5, 0.6) is 0 Å². The largest absolute Gasteiger partial charge is 0.416 e. The average Bonchev–Trinajstić information content (AvgIpc) is 3.29. The third kappa shape index (κ3) is 5.47. The van der Waals surface area contributed by atoms with Gasteiger partial charge in [-0.15, -0.1) is 0 Å². The first-order chi connectivity index (χ1) is 15.0. The first-order valence-electron chi connectivity index (χ1n) is 9.77. The fourth-order valence-electron chi connectivity index (χ4n) is 3.14. The van der Waals surface area contributed by atoms with Gasteiger partial charge in [0.2, 0.25) is 17.8 Å². The molecule has 0 atom stereocenters. The molecule has 2 N–H and O–H groups in total. The highest BCUT2D eigenvalue weighted by Crippen LogP contribution is 2.29. The van der Waals surface area contributed by atoms with Crippen LogP contribution in [0, 0.1) is 0 Å². The van der Waals surface area contributed by atoms with E-state index in [0.717, 1.165) is 43.8 Å². The summed E-state index contributed by atoms with van der Waals surface area (Å²) in [7, 11) is 0. The van der Waals surface area contributed by atoms with Gasteiger partial charge in [-0.05, 0) is 42.7 Å². The molecule has 1 aliphatic heterocycles. The molecule has 0 aliphatic carbocycles. The van der Waals surface area contributed by atoms with Crippen LogP contribution in [0.3, 0.4) is 0 Å². The van der Waals surface area contributed by atoms with Gasteiger partial charge in [-0.3, -0.25) is 0 Å². The van der Waals surface area contributed by atoms with Crippen LogP contribution in [-0.4, -0.2) is 34.3 Å². The van der Waals surface area contributed by atoms with Crippen molar-refractivity contribution in [3.63, 3.8) is 0 Å². The second-order valence-electron chi connectivity index (χ2n) is 6.96. The van der Waals surface area contributed by atoms with E-state index in [1.165, 1.54) is 18.3 Å². The van der Waals surface area contributed by atoms with Gasteiger partial charge >= 0.3 is 6.18 Å². The fraction of sp³-hybridized carbons (Fsp3) is 0.238. The summed E-state index contributed by atoms with van der Waals surface area (Å²) in [5.74, 6) is 1.06. The third-order valence-corrected chi connectivity index (χ3v) is 4.63. The Labute approximate surface area is 177 Å². The number of nitrogens with one attached hydrogen (secondary N) is 2. The SMILES string of the molecule is FC(F)(F)c1cccc(/C=N\Nc2nc(Nc3ccccc3)nc(N3CCCC3)n2)c1. The van der Waals surface area contributed by atoms with E-state index < -0.39 is 11.7 Å². The Balaban J connectivity index is 1.54. The predicted octanol–water partition coefficient (Wildman–Crippen LogP) is 4.68. The molecule has 0 radical (unpaired) electrons. The zero-order chi connectivity index (χ0) is 21.7. The molecule has 1 aliphatic rings. The van der Waals surface area contributed by atoms with E-state index in [1.807, 2.05) is 30.3 Å². The quantitative estimate of drug-likeness (QED) is 0.439. The molecule has 1 aromatic heterocycles. The van der Waals surface area contributed by atoms with Gasteiger partial charge in [-0.1, -0.05) is 30.3 Å². The zero-order valence-electron chi connectivity index (χ0n) is 16.5. The summed E-state index contributed by atoms with van der Waals surface area (Å²) in [6, 6.07) is 14.4. The number of hydrazone groups is 1. The van der Waals surface area contributed by atoms with Crippen molar-refractivity contribution < 1.29 is 13.2 Å². The number of hydrogen-bond acceptors (Lipinski definition) is 7. The molecular weight excluding hydrogens is 407 g/mol. The monoisotopic (exact) mass is 427 g/mol. The third-order valence-electron chi connectivity index (χ3n) is 4.63. The lowest BCUT2D eigenvalue weighted by Gasteiger charge is -2.16. The highest BCUT2D eigenvalue weighted by Gasteiger charge is 2.30. The van der Waals surface area contributed by atoms with Crippen LogP contribution in [-0.2, 0) is 6.18 Å². The molecule has 1 fully saturated rings. The van der Waals surface area contributed by atoms with E-state index in [1.54, 1.807) is 0 Å². The van der Waals surface area contributed by atoms with Crippen LogP contribution < -0.4 is 15.6 Å². The van der Waals surface area contributed by atoms with Crippen LogP contribution in [0.25, 0.3) is 0 Å². The molecule has 1 saturated heterocycles. The van der Waals surface area contributed by atoms with Crippen molar-refractivity contribution in [1.29, 1.82) is 0 Å². The topological polar surface area (TPSA) is 78.3 Å². The van der Waals surface area contributed by atoms with Crippen molar-refractivity contribution in [2.45, 2.75) is 19.0 Å². The molecule has 0 spiro atoms. The number of nitrogens with zero attached hydrogens (tertiary/aromatic N) is 5. The summed E-state index contributed by atoms with van der Waals surface area (Å²) >= 11 is 0. The minimum atomic E-state index is -4.41. The Hall–Kier alpha value is -3.69. The van der Waals surface area contributed by atoms with Gasteiger partial charge < -0.3 is 10.2 Å². The Bertz CT molecular complexity index is 1050. The molecule has 31 heavy (non-hydrogen) atoms. The molecule has 10 heteroatoms. The fourth-order valence-corrected chi connectivity index (χ4v) is 3.14. The summed E-state index contributed by atoms with van der Waals surface area (Å²) in [5.41, 5.74) is 3.09. The maximum absolute atomic E-state index is 12.9. The number of para-hydroxylation sites is 1. The molecule has 4 rings (SSSR count). The van der Waals surface area contributed by atoms with E-state index in [4.69, 9.17) is 0 Å². The van der Waals surface area contributed by atoms with E-state index in [0.29, 0.717) is 17.5 Å².